The normalized spacial score (nSPS) is 10.7. The van der Waals surface area contributed by atoms with Gasteiger partial charge in [-0.05, 0) is 55.3 Å². The summed E-state index contributed by atoms with van der Waals surface area (Å²) in [6.07, 6.45) is 3.69. The van der Waals surface area contributed by atoms with Crippen LogP contribution in [-0.4, -0.2) is 21.2 Å². The smallest absolute Gasteiger partial charge is 0.234 e. The standard InChI is InChI=1S/C19H18BrN3OS/c1-13-3-4-14(2)17(11-13)23-10-9-21-19(23)25-12-18(24)22-16-7-5-15(20)6-8-16/h3-11H,12H2,1-2H3,(H,22,24). The molecule has 1 heterocycles. The zero-order valence-electron chi connectivity index (χ0n) is 14.0. The molecule has 0 radical (unpaired) electrons. The number of carbonyl (C=O) groups is 1. The lowest BCUT2D eigenvalue weighted by Gasteiger charge is -2.11. The summed E-state index contributed by atoms with van der Waals surface area (Å²) in [5, 5.41) is 3.70. The minimum atomic E-state index is -0.0529. The van der Waals surface area contributed by atoms with Crippen molar-refractivity contribution in [1.82, 2.24) is 9.55 Å². The fraction of sp³-hybridized carbons (Fsp3) is 0.158. The van der Waals surface area contributed by atoms with E-state index in [-0.39, 0.29) is 5.91 Å². The van der Waals surface area contributed by atoms with Crippen molar-refractivity contribution >= 4 is 39.3 Å². The number of hydrogen-bond acceptors (Lipinski definition) is 3. The maximum Gasteiger partial charge on any atom is 0.234 e. The van der Waals surface area contributed by atoms with Crippen LogP contribution in [0.25, 0.3) is 5.69 Å². The summed E-state index contributed by atoms with van der Waals surface area (Å²) in [5.74, 6) is 0.251. The Bertz CT molecular complexity index is 890. The van der Waals surface area contributed by atoms with Gasteiger partial charge in [0.2, 0.25) is 5.91 Å². The molecule has 0 spiro atoms. The molecular formula is C19H18BrN3OS. The van der Waals surface area contributed by atoms with Crippen LogP contribution in [0.5, 0.6) is 0 Å². The number of anilines is 1. The van der Waals surface area contributed by atoms with Crippen molar-refractivity contribution in [3.05, 3.63) is 70.5 Å². The highest BCUT2D eigenvalue weighted by atomic mass is 79.9. The van der Waals surface area contributed by atoms with Gasteiger partial charge in [-0.3, -0.25) is 9.36 Å². The quantitative estimate of drug-likeness (QED) is 0.597. The van der Waals surface area contributed by atoms with Gasteiger partial charge in [-0.25, -0.2) is 4.98 Å². The summed E-state index contributed by atoms with van der Waals surface area (Å²) in [5.41, 5.74) is 4.24. The van der Waals surface area contributed by atoms with E-state index in [1.807, 2.05) is 35.0 Å². The van der Waals surface area contributed by atoms with Crippen LogP contribution >= 0.6 is 27.7 Å². The van der Waals surface area contributed by atoms with E-state index >= 15 is 0 Å². The predicted molar refractivity (Wildman–Crippen MR) is 107 cm³/mol. The summed E-state index contributed by atoms with van der Waals surface area (Å²) in [4.78, 5) is 16.6. The van der Waals surface area contributed by atoms with Gasteiger partial charge in [0.1, 0.15) is 0 Å². The number of imidazole rings is 1. The zero-order valence-corrected chi connectivity index (χ0v) is 16.4. The highest BCUT2D eigenvalue weighted by Gasteiger charge is 2.11. The van der Waals surface area contributed by atoms with Gasteiger partial charge in [0.05, 0.1) is 11.4 Å². The van der Waals surface area contributed by atoms with Crippen molar-refractivity contribution in [1.29, 1.82) is 0 Å². The van der Waals surface area contributed by atoms with Crippen LogP contribution < -0.4 is 5.32 Å². The average molecular weight is 416 g/mol. The molecule has 0 saturated carbocycles. The van der Waals surface area contributed by atoms with Crippen molar-refractivity contribution in [2.75, 3.05) is 11.1 Å². The maximum absolute atomic E-state index is 12.2. The van der Waals surface area contributed by atoms with Crippen molar-refractivity contribution in [3.63, 3.8) is 0 Å². The molecule has 1 aromatic heterocycles. The van der Waals surface area contributed by atoms with Crippen molar-refractivity contribution in [2.45, 2.75) is 19.0 Å². The molecule has 4 nitrogen and oxygen atoms in total. The molecule has 0 saturated heterocycles. The largest absolute Gasteiger partial charge is 0.325 e. The summed E-state index contributed by atoms with van der Waals surface area (Å²) in [6, 6.07) is 13.8. The molecule has 2 aromatic carbocycles. The van der Waals surface area contributed by atoms with Gasteiger partial charge >= 0.3 is 0 Å². The zero-order chi connectivity index (χ0) is 17.8. The number of aromatic nitrogens is 2. The van der Waals surface area contributed by atoms with E-state index in [9.17, 15) is 4.79 Å². The molecule has 6 heteroatoms. The van der Waals surface area contributed by atoms with Gasteiger partial charge in [-0.2, -0.15) is 0 Å². The van der Waals surface area contributed by atoms with E-state index in [0.29, 0.717) is 5.75 Å². The molecule has 3 rings (SSSR count). The summed E-state index contributed by atoms with van der Waals surface area (Å²) in [6.45, 7) is 4.14. The van der Waals surface area contributed by atoms with E-state index < -0.39 is 0 Å². The maximum atomic E-state index is 12.2. The fourth-order valence-corrected chi connectivity index (χ4v) is 3.45. The Morgan fingerprint density at radius 3 is 2.72 bits per heavy atom. The second kappa shape index (κ2) is 7.89. The number of nitrogens with one attached hydrogen (secondary N) is 1. The first-order valence-corrected chi connectivity index (χ1v) is 9.60. The summed E-state index contributed by atoms with van der Waals surface area (Å²) >= 11 is 4.81. The van der Waals surface area contributed by atoms with Crippen LogP contribution in [0.4, 0.5) is 5.69 Å². The lowest BCUT2D eigenvalue weighted by Crippen LogP contribution is -2.14. The molecule has 0 bridgehead atoms. The highest BCUT2D eigenvalue weighted by Crippen LogP contribution is 2.24. The lowest BCUT2D eigenvalue weighted by atomic mass is 10.1. The molecule has 1 amide bonds. The number of thioether (sulfide) groups is 1. The lowest BCUT2D eigenvalue weighted by molar-refractivity contribution is -0.113. The molecule has 0 atom stereocenters. The number of carbonyl (C=O) groups excluding carboxylic acids is 1. The first-order valence-electron chi connectivity index (χ1n) is 7.82. The third-order valence-corrected chi connectivity index (χ3v) is 5.19. The van der Waals surface area contributed by atoms with Crippen LogP contribution in [0.3, 0.4) is 0 Å². The molecule has 3 aromatic rings. The molecule has 0 aliphatic carbocycles. The van der Waals surface area contributed by atoms with Crippen molar-refractivity contribution < 1.29 is 4.79 Å². The first kappa shape index (κ1) is 17.8. The van der Waals surface area contributed by atoms with Crippen LogP contribution in [-0.2, 0) is 4.79 Å². The number of halogens is 1. The Morgan fingerprint density at radius 2 is 1.96 bits per heavy atom. The third kappa shape index (κ3) is 4.52. The number of amides is 1. The molecule has 25 heavy (non-hydrogen) atoms. The van der Waals surface area contributed by atoms with Crippen molar-refractivity contribution in [2.24, 2.45) is 0 Å². The van der Waals surface area contributed by atoms with Crippen LogP contribution in [0.15, 0.2) is 64.5 Å². The van der Waals surface area contributed by atoms with Gasteiger partial charge < -0.3 is 5.32 Å². The highest BCUT2D eigenvalue weighted by molar-refractivity contribution is 9.10. The van der Waals surface area contributed by atoms with E-state index in [2.05, 4.69) is 58.3 Å². The van der Waals surface area contributed by atoms with E-state index in [1.165, 1.54) is 22.9 Å². The first-order chi connectivity index (χ1) is 12.0. The fourth-order valence-electron chi connectivity index (χ4n) is 2.42. The van der Waals surface area contributed by atoms with Gasteiger partial charge in [0, 0.05) is 22.6 Å². The number of aryl methyl sites for hydroxylation is 2. The molecule has 1 N–H and O–H groups in total. The van der Waals surface area contributed by atoms with Gasteiger partial charge in [0.15, 0.2) is 5.16 Å². The van der Waals surface area contributed by atoms with E-state index in [1.54, 1.807) is 6.20 Å². The van der Waals surface area contributed by atoms with E-state index in [0.717, 1.165) is 21.0 Å². The Morgan fingerprint density at radius 1 is 1.20 bits per heavy atom. The summed E-state index contributed by atoms with van der Waals surface area (Å²) in [7, 11) is 0. The molecule has 0 aliphatic heterocycles. The molecule has 0 aliphatic rings. The predicted octanol–water partition coefficient (Wildman–Crippen LogP) is 4.98. The van der Waals surface area contributed by atoms with Gasteiger partial charge in [-0.1, -0.05) is 39.8 Å². The minimum Gasteiger partial charge on any atom is -0.325 e. The number of rotatable bonds is 5. The number of benzene rings is 2. The van der Waals surface area contributed by atoms with E-state index in [4.69, 9.17) is 0 Å². The topological polar surface area (TPSA) is 46.9 Å². The van der Waals surface area contributed by atoms with Crippen LogP contribution in [0.2, 0.25) is 0 Å². The molecule has 128 valence electrons. The van der Waals surface area contributed by atoms with Crippen LogP contribution in [0, 0.1) is 13.8 Å². The second-order valence-corrected chi connectivity index (χ2v) is 7.57. The van der Waals surface area contributed by atoms with Gasteiger partial charge in [0.25, 0.3) is 0 Å². The molecule has 0 fully saturated rings. The number of nitrogens with zero attached hydrogens (tertiary/aromatic N) is 2. The Balaban J connectivity index is 1.68. The minimum absolute atomic E-state index is 0.0529. The van der Waals surface area contributed by atoms with Crippen molar-refractivity contribution in [3.8, 4) is 5.69 Å². The molecule has 0 unspecified atom stereocenters. The summed E-state index contributed by atoms with van der Waals surface area (Å²) < 4.78 is 3.01. The van der Waals surface area contributed by atoms with Gasteiger partial charge in [-0.15, -0.1) is 0 Å². The third-order valence-electron chi connectivity index (χ3n) is 3.69. The van der Waals surface area contributed by atoms with Crippen LogP contribution in [0.1, 0.15) is 11.1 Å². The second-order valence-electron chi connectivity index (χ2n) is 5.71. The monoisotopic (exact) mass is 415 g/mol. The Labute approximate surface area is 159 Å². The average Bonchev–Trinajstić information content (AvgIpc) is 3.05. The SMILES string of the molecule is Cc1ccc(C)c(-n2ccnc2SCC(=O)Nc2ccc(Br)cc2)c1. The Kier molecular flexibility index (Phi) is 5.60. The Hall–Kier alpha value is -2.05. The number of hydrogen-bond donors (Lipinski definition) is 1. The molecular weight excluding hydrogens is 398 g/mol.